The van der Waals surface area contributed by atoms with E-state index in [1.54, 1.807) is 0 Å². The lowest BCUT2D eigenvalue weighted by atomic mass is 9.75. The van der Waals surface area contributed by atoms with Crippen molar-refractivity contribution in [2.24, 2.45) is 0 Å². The van der Waals surface area contributed by atoms with Crippen LogP contribution < -0.4 is 5.46 Å². The van der Waals surface area contributed by atoms with Gasteiger partial charge in [0.2, 0.25) is 0 Å². The lowest BCUT2D eigenvalue weighted by molar-refractivity contribution is -0.137. The molecule has 0 aromatic carbocycles. The third-order valence-corrected chi connectivity index (χ3v) is 4.33. The van der Waals surface area contributed by atoms with E-state index in [-0.39, 0.29) is 5.92 Å². The molecule has 0 unspecified atom stereocenters. The Balaban J connectivity index is 2.49. The monoisotopic (exact) mass is 315 g/mol. The van der Waals surface area contributed by atoms with E-state index in [2.05, 4.69) is 4.98 Å². The standard InChI is InChI=1S/C15H21BF3NO2/c1-9(2)12-11(7-10(8-20-12)15(17,18)19)16-21-13(3,4)14(5,6)22-16/h7-9H,1-6H3. The molecule has 7 heteroatoms. The summed E-state index contributed by atoms with van der Waals surface area (Å²) in [4.78, 5) is 4.00. The molecule has 1 aromatic heterocycles. The average molecular weight is 315 g/mol. The van der Waals surface area contributed by atoms with Gasteiger partial charge in [0.1, 0.15) is 0 Å². The van der Waals surface area contributed by atoms with Crippen molar-refractivity contribution < 1.29 is 22.5 Å². The van der Waals surface area contributed by atoms with Gasteiger partial charge in [-0.1, -0.05) is 13.8 Å². The highest BCUT2D eigenvalue weighted by Gasteiger charge is 2.52. The summed E-state index contributed by atoms with van der Waals surface area (Å²) in [5, 5.41) is 0. The Hall–Kier alpha value is -1.08. The van der Waals surface area contributed by atoms with Crippen LogP contribution >= 0.6 is 0 Å². The van der Waals surface area contributed by atoms with Crippen molar-refractivity contribution in [3.63, 3.8) is 0 Å². The number of hydrogen-bond acceptors (Lipinski definition) is 3. The molecule has 22 heavy (non-hydrogen) atoms. The van der Waals surface area contributed by atoms with E-state index in [9.17, 15) is 13.2 Å². The molecule has 0 aliphatic carbocycles. The summed E-state index contributed by atoms with van der Waals surface area (Å²) in [6, 6.07) is 1.09. The number of nitrogens with zero attached hydrogens (tertiary/aromatic N) is 1. The molecular weight excluding hydrogens is 294 g/mol. The second-order valence-corrected chi connectivity index (χ2v) is 6.94. The maximum atomic E-state index is 13.0. The highest BCUT2D eigenvalue weighted by atomic mass is 19.4. The Labute approximate surface area is 129 Å². The number of halogens is 3. The fourth-order valence-electron chi connectivity index (χ4n) is 2.29. The molecule has 1 aromatic rings. The van der Waals surface area contributed by atoms with E-state index in [4.69, 9.17) is 9.31 Å². The Morgan fingerprint density at radius 1 is 1.09 bits per heavy atom. The van der Waals surface area contributed by atoms with E-state index in [0.717, 1.165) is 12.3 Å². The minimum Gasteiger partial charge on any atom is -0.399 e. The van der Waals surface area contributed by atoms with Crippen LogP contribution in [0.3, 0.4) is 0 Å². The molecule has 1 aliphatic rings. The second kappa shape index (κ2) is 5.23. The van der Waals surface area contributed by atoms with Gasteiger partial charge >= 0.3 is 13.3 Å². The molecule has 1 fully saturated rings. The molecule has 0 amide bonds. The van der Waals surface area contributed by atoms with Crippen LogP contribution in [0.2, 0.25) is 0 Å². The van der Waals surface area contributed by atoms with E-state index in [1.807, 2.05) is 41.5 Å². The minimum absolute atomic E-state index is 0.0312. The molecule has 122 valence electrons. The molecule has 0 radical (unpaired) electrons. The third-order valence-electron chi connectivity index (χ3n) is 4.33. The molecule has 1 aliphatic heterocycles. The van der Waals surface area contributed by atoms with Crippen molar-refractivity contribution in [1.82, 2.24) is 4.98 Å². The summed E-state index contributed by atoms with van der Waals surface area (Å²) in [7, 11) is -0.850. The van der Waals surface area contributed by atoms with Crippen LogP contribution in [0.5, 0.6) is 0 Å². The quantitative estimate of drug-likeness (QED) is 0.783. The van der Waals surface area contributed by atoms with Gasteiger partial charge in [0, 0.05) is 17.4 Å². The van der Waals surface area contributed by atoms with Crippen LogP contribution in [0.25, 0.3) is 0 Å². The fraction of sp³-hybridized carbons (Fsp3) is 0.667. The first kappa shape index (κ1) is 17.3. The SMILES string of the molecule is CC(C)c1ncc(C(F)(F)F)cc1B1OC(C)(C)C(C)(C)O1. The average Bonchev–Trinajstić information content (AvgIpc) is 2.56. The van der Waals surface area contributed by atoms with E-state index >= 15 is 0 Å². The molecule has 0 saturated carbocycles. The highest BCUT2D eigenvalue weighted by Crippen LogP contribution is 2.37. The number of rotatable bonds is 2. The van der Waals surface area contributed by atoms with Gasteiger partial charge in [0.05, 0.1) is 16.8 Å². The van der Waals surface area contributed by atoms with Crippen LogP contribution in [0.4, 0.5) is 13.2 Å². The first-order valence-corrected chi connectivity index (χ1v) is 7.28. The summed E-state index contributed by atoms with van der Waals surface area (Å²) in [6.45, 7) is 11.2. The zero-order valence-electron chi connectivity index (χ0n) is 13.7. The van der Waals surface area contributed by atoms with Crippen LogP contribution in [-0.2, 0) is 15.5 Å². The molecule has 2 heterocycles. The molecule has 0 spiro atoms. The third kappa shape index (κ3) is 3.01. The van der Waals surface area contributed by atoms with Gasteiger partial charge in [-0.3, -0.25) is 4.98 Å². The summed E-state index contributed by atoms with van der Waals surface area (Å²) in [6.07, 6.45) is -3.58. The number of aromatic nitrogens is 1. The van der Waals surface area contributed by atoms with Crippen LogP contribution in [-0.4, -0.2) is 23.3 Å². The lowest BCUT2D eigenvalue weighted by Crippen LogP contribution is -2.41. The first-order valence-electron chi connectivity index (χ1n) is 7.28. The van der Waals surface area contributed by atoms with Crippen LogP contribution in [0, 0.1) is 0 Å². The Bertz CT molecular complexity index is 554. The predicted octanol–water partition coefficient (Wildman–Crippen LogP) is 3.52. The van der Waals surface area contributed by atoms with Crippen molar-refractivity contribution in [1.29, 1.82) is 0 Å². The molecule has 3 nitrogen and oxygen atoms in total. The predicted molar refractivity (Wildman–Crippen MR) is 79.0 cm³/mol. The molecular formula is C15H21BF3NO2. The number of alkyl halides is 3. The lowest BCUT2D eigenvalue weighted by Gasteiger charge is -2.32. The smallest absolute Gasteiger partial charge is 0.399 e. The molecule has 0 N–H and O–H groups in total. The number of hydrogen-bond donors (Lipinski definition) is 0. The molecule has 2 rings (SSSR count). The van der Waals surface area contributed by atoms with Gasteiger partial charge in [-0.05, 0) is 39.7 Å². The van der Waals surface area contributed by atoms with Crippen molar-refractivity contribution in [2.45, 2.75) is 64.8 Å². The van der Waals surface area contributed by atoms with Gasteiger partial charge < -0.3 is 9.31 Å². The molecule has 0 atom stereocenters. The summed E-state index contributed by atoms with van der Waals surface area (Å²) in [5.41, 5.74) is -1.10. The van der Waals surface area contributed by atoms with Gasteiger partial charge in [-0.2, -0.15) is 13.2 Å². The largest absolute Gasteiger partial charge is 0.496 e. The van der Waals surface area contributed by atoms with Gasteiger partial charge in [0.25, 0.3) is 0 Å². The van der Waals surface area contributed by atoms with Crippen molar-refractivity contribution in [2.75, 3.05) is 0 Å². The van der Waals surface area contributed by atoms with Crippen LogP contribution in [0.15, 0.2) is 12.3 Å². The first-order chi connectivity index (χ1) is 9.85. The maximum absolute atomic E-state index is 13.0. The van der Waals surface area contributed by atoms with Crippen molar-refractivity contribution in [3.05, 3.63) is 23.5 Å². The second-order valence-electron chi connectivity index (χ2n) is 6.94. The Morgan fingerprint density at radius 3 is 2.00 bits per heavy atom. The normalized spacial score (nSPS) is 20.7. The molecule has 0 bridgehead atoms. The summed E-state index contributed by atoms with van der Waals surface area (Å²) < 4.78 is 50.7. The zero-order valence-corrected chi connectivity index (χ0v) is 13.7. The van der Waals surface area contributed by atoms with E-state index < -0.39 is 30.1 Å². The Morgan fingerprint density at radius 2 is 1.59 bits per heavy atom. The maximum Gasteiger partial charge on any atom is 0.496 e. The minimum atomic E-state index is -4.44. The Kier molecular flexibility index (Phi) is 4.11. The summed E-state index contributed by atoms with van der Waals surface area (Å²) in [5.74, 6) is -0.0312. The number of pyridine rings is 1. The zero-order chi connectivity index (χ0) is 16.9. The fourth-order valence-corrected chi connectivity index (χ4v) is 2.29. The molecule has 1 saturated heterocycles. The van der Waals surface area contributed by atoms with E-state index in [1.165, 1.54) is 0 Å². The highest BCUT2D eigenvalue weighted by molar-refractivity contribution is 6.62. The van der Waals surface area contributed by atoms with Gasteiger partial charge in [-0.25, -0.2) is 0 Å². The van der Waals surface area contributed by atoms with E-state index in [0.29, 0.717) is 11.2 Å². The summed E-state index contributed by atoms with van der Waals surface area (Å²) >= 11 is 0. The van der Waals surface area contributed by atoms with Gasteiger partial charge in [-0.15, -0.1) is 0 Å². The van der Waals surface area contributed by atoms with Crippen molar-refractivity contribution >= 4 is 12.6 Å². The van der Waals surface area contributed by atoms with Crippen LogP contribution in [0.1, 0.15) is 58.7 Å². The van der Waals surface area contributed by atoms with Crippen molar-refractivity contribution in [3.8, 4) is 0 Å². The topological polar surface area (TPSA) is 31.4 Å². The van der Waals surface area contributed by atoms with Gasteiger partial charge in [0.15, 0.2) is 0 Å².